The molecule has 0 bridgehead atoms. The normalized spacial score (nSPS) is 19.8. The van der Waals surface area contributed by atoms with E-state index in [0.717, 1.165) is 42.6 Å². The van der Waals surface area contributed by atoms with Crippen LogP contribution in [0.25, 0.3) is 0 Å². The highest BCUT2D eigenvalue weighted by Gasteiger charge is 2.26. The van der Waals surface area contributed by atoms with E-state index in [-0.39, 0.29) is 18.6 Å². The zero-order chi connectivity index (χ0) is 17.8. The zero-order valence-electron chi connectivity index (χ0n) is 15.0. The number of nitrogens with zero attached hydrogens (tertiary/aromatic N) is 2. The van der Waals surface area contributed by atoms with Crippen LogP contribution >= 0.6 is 0 Å². The number of hydrogen-bond donors (Lipinski definition) is 1. The summed E-state index contributed by atoms with van der Waals surface area (Å²) in [4.78, 5) is 11.1. The van der Waals surface area contributed by atoms with Gasteiger partial charge >= 0.3 is 0 Å². The maximum Gasteiger partial charge on any atom is 0.253 e. The highest BCUT2D eigenvalue weighted by Crippen LogP contribution is 2.28. The Balaban J connectivity index is 1.51. The Morgan fingerprint density at radius 3 is 2.88 bits per heavy atom. The van der Waals surface area contributed by atoms with Gasteiger partial charge < -0.3 is 14.5 Å². The lowest BCUT2D eigenvalue weighted by molar-refractivity contribution is -0.119. The molecule has 0 unspecified atom stereocenters. The first-order valence-electron chi connectivity index (χ1n) is 8.78. The third-order valence-corrected chi connectivity index (χ3v) is 4.62. The van der Waals surface area contributed by atoms with Gasteiger partial charge in [-0.15, -0.1) is 10.2 Å². The van der Waals surface area contributed by atoms with Crippen LogP contribution in [0, 0.1) is 19.8 Å². The largest absolute Gasteiger partial charge is 0.484 e. The number of nitrogens with one attached hydrogen (secondary N) is 1. The first kappa shape index (κ1) is 17.5. The van der Waals surface area contributed by atoms with Crippen molar-refractivity contribution in [2.75, 3.05) is 0 Å². The van der Waals surface area contributed by atoms with Crippen molar-refractivity contribution in [3.8, 4) is 5.75 Å². The summed E-state index contributed by atoms with van der Waals surface area (Å²) < 4.78 is 11.5. The molecule has 0 saturated heterocycles. The second kappa shape index (κ2) is 7.68. The molecule has 3 rings (SSSR count). The van der Waals surface area contributed by atoms with E-state index < -0.39 is 0 Å². The predicted octanol–water partition coefficient (Wildman–Crippen LogP) is 3.11. The number of carbonyl (C=O) groups excluding carboxylic acids is 1. The van der Waals surface area contributed by atoms with Crippen LogP contribution in [-0.2, 0) is 17.8 Å². The number of aromatic nitrogens is 2. The van der Waals surface area contributed by atoms with Gasteiger partial charge in [-0.25, -0.2) is 0 Å². The molecule has 0 spiro atoms. The fourth-order valence-electron chi connectivity index (χ4n) is 3.36. The van der Waals surface area contributed by atoms with Gasteiger partial charge in [-0.3, -0.25) is 4.79 Å². The van der Waals surface area contributed by atoms with Gasteiger partial charge in [-0.2, -0.15) is 0 Å². The van der Waals surface area contributed by atoms with E-state index in [1.807, 2.05) is 26.0 Å². The van der Waals surface area contributed by atoms with Gasteiger partial charge in [0.2, 0.25) is 11.8 Å². The smallest absolute Gasteiger partial charge is 0.253 e. The van der Waals surface area contributed by atoms with Crippen molar-refractivity contribution < 1.29 is 13.9 Å². The van der Waals surface area contributed by atoms with Gasteiger partial charge in [-0.1, -0.05) is 12.1 Å². The van der Waals surface area contributed by atoms with Crippen molar-refractivity contribution in [2.24, 2.45) is 5.92 Å². The molecule has 1 N–H and O–H groups in total. The molecule has 1 aromatic heterocycles. The maximum atomic E-state index is 11.1. The number of ether oxygens (including phenoxy) is 1. The van der Waals surface area contributed by atoms with Gasteiger partial charge in [0, 0.05) is 19.4 Å². The Labute approximate surface area is 148 Å². The van der Waals surface area contributed by atoms with Crippen molar-refractivity contribution in [2.45, 2.75) is 59.1 Å². The van der Waals surface area contributed by atoms with E-state index in [4.69, 9.17) is 9.15 Å². The van der Waals surface area contributed by atoms with Crippen LogP contribution in [-0.4, -0.2) is 22.1 Å². The zero-order valence-corrected chi connectivity index (χ0v) is 15.0. The molecule has 2 aromatic rings. The second-order valence-electron chi connectivity index (χ2n) is 6.93. The molecule has 1 amide bonds. The van der Waals surface area contributed by atoms with Crippen molar-refractivity contribution in [3.05, 3.63) is 41.1 Å². The Morgan fingerprint density at radius 2 is 2.08 bits per heavy atom. The molecule has 1 fully saturated rings. The third-order valence-electron chi connectivity index (χ3n) is 4.62. The first-order chi connectivity index (χ1) is 12.0. The Kier molecular flexibility index (Phi) is 5.36. The van der Waals surface area contributed by atoms with E-state index in [0.29, 0.717) is 17.7 Å². The van der Waals surface area contributed by atoms with Gasteiger partial charge in [0.25, 0.3) is 5.89 Å². The number of hydrogen-bond acceptors (Lipinski definition) is 5. The average Bonchev–Trinajstić information content (AvgIpc) is 3.18. The summed E-state index contributed by atoms with van der Waals surface area (Å²) in [5, 5.41) is 11.2. The number of benzene rings is 1. The van der Waals surface area contributed by atoms with Gasteiger partial charge in [0.15, 0.2) is 6.61 Å². The van der Waals surface area contributed by atoms with E-state index in [9.17, 15) is 4.79 Å². The fraction of sp³-hybridized carbons (Fsp3) is 0.526. The summed E-state index contributed by atoms with van der Waals surface area (Å²) >= 11 is 0. The fourth-order valence-corrected chi connectivity index (χ4v) is 3.36. The van der Waals surface area contributed by atoms with Crippen LogP contribution in [0.1, 0.15) is 49.1 Å². The summed E-state index contributed by atoms with van der Waals surface area (Å²) in [7, 11) is 0. The average molecular weight is 343 g/mol. The monoisotopic (exact) mass is 343 g/mol. The molecule has 25 heavy (non-hydrogen) atoms. The van der Waals surface area contributed by atoms with Crippen molar-refractivity contribution in [1.82, 2.24) is 15.5 Å². The third kappa shape index (κ3) is 4.81. The molecule has 1 heterocycles. The molecule has 134 valence electrons. The lowest BCUT2D eigenvalue weighted by Crippen LogP contribution is -2.30. The summed E-state index contributed by atoms with van der Waals surface area (Å²) in [6.07, 6.45) is 3.81. The Hall–Kier alpha value is -2.37. The van der Waals surface area contributed by atoms with Gasteiger partial charge in [0.1, 0.15) is 5.75 Å². The lowest BCUT2D eigenvalue weighted by Gasteiger charge is -2.10. The Morgan fingerprint density at radius 1 is 1.28 bits per heavy atom. The molecule has 1 saturated carbocycles. The summed E-state index contributed by atoms with van der Waals surface area (Å²) in [6, 6.07) is 6.38. The SMILES string of the molecule is CC(=O)N[C@H]1CC[C@@H](Cc2nnc(COc3cc(C)ccc3C)o2)C1. The van der Waals surface area contributed by atoms with Crippen LogP contribution in [0.4, 0.5) is 0 Å². The van der Waals surface area contributed by atoms with E-state index in [1.54, 1.807) is 6.92 Å². The van der Waals surface area contributed by atoms with Gasteiger partial charge in [-0.05, 0) is 56.2 Å². The summed E-state index contributed by atoms with van der Waals surface area (Å²) in [5.74, 6) is 2.49. The number of carbonyl (C=O) groups is 1. The van der Waals surface area contributed by atoms with Crippen LogP contribution in [0.5, 0.6) is 5.75 Å². The molecule has 1 aliphatic carbocycles. The van der Waals surface area contributed by atoms with Crippen LogP contribution in [0.15, 0.2) is 22.6 Å². The topological polar surface area (TPSA) is 77.2 Å². The van der Waals surface area contributed by atoms with E-state index in [2.05, 4.69) is 21.6 Å². The summed E-state index contributed by atoms with van der Waals surface area (Å²) in [5.41, 5.74) is 2.24. The standard InChI is InChI=1S/C19H25N3O3/c1-12-4-5-13(2)17(8-12)24-11-19-22-21-18(25-19)10-15-6-7-16(9-15)20-14(3)23/h4-5,8,15-16H,6-7,9-11H2,1-3H3,(H,20,23)/t15-,16+/m1/s1. The highest BCUT2D eigenvalue weighted by molar-refractivity contribution is 5.73. The number of aryl methyl sites for hydroxylation is 2. The molecule has 6 nitrogen and oxygen atoms in total. The molecule has 0 radical (unpaired) electrons. The highest BCUT2D eigenvalue weighted by atomic mass is 16.5. The Bertz CT molecular complexity index is 741. The summed E-state index contributed by atoms with van der Waals surface area (Å²) in [6.45, 7) is 5.89. The molecular formula is C19H25N3O3. The van der Waals surface area contributed by atoms with Crippen LogP contribution in [0.2, 0.25) is 0 Å². The quantitative estimate of drug-likeness (QED) is 0.872. The van der Waals surface area contributed by atoms with Crippen LogP contribution < -0.4 is 10.1 Å². The number of rotatable bonds is 6. The molecule has 2 atom stereocenters. The predicted molar refractivity (Wildman–Crippen MR) is 93.2 cm³/mol. The molecular weight excluding hydrogens is 318 g/mol. The minimum atomic E-state index is 0.0364. The van der Waals surface area contributed by atoms with Crippen molar-refractivity contribution >= 4 is 5.91 Å². The van der Waals surface area contributed by atoms with E-state index >= 15 is 0 Å². The van der Waals surface area contributed by atoms with Crippen molar-refractivity contribution in [3.63, 3.8) is 0 Å². The minimum Gasteiger partial charge on any atom is -0.484 e. The minimum absolute atomic E-state index is 0.0364. The van der Waals surface area contributed by atoms with Crippen molar-refractivity contribution in [1.29, 1.82) is 0 Å². The maximum absolute atomic E-state index is 11.1. The molecule has 1 aromatic carbocycles. The molecule has 6 heteroatoms. The van der Waals surface area contributed by atoms with Gasteiger partial charge in [0.05, 0.1) is 0 Å². The molecule has 1 aliphatic rings. The molecule has 0 aliphatic heterocycles. The lowest BCUT2D eigenvalue weighted by atomic mass is 10.0. The first-order valence-corrected chi connectivity index (χ1v) is 8.78. The number of amides is 1. The van der Waals surface area contributed by atoms with E-state index in [1.165, 1.54) is 0 Å². The van der Waals surface area contributed by atoms with Crippen LogP contribution in [0.3, 0.4) is 0 Å². The second-order valence-corrected chi connectivity index (χ2v) is 6.93.